The molecule has 0 saturated carbocycles. The summed E-state index contributed by atoms with van der Waals surface area (Å²) in [5.41, 5.74) is 2.17. The van der Waals surface area contributed by atoms with Crippen LogP contribution in [0.3, 0.4) is 0 Å². The lowest BCUT2D eigenvalue weighted by molar-refractivity contribution is -0.138. The molecule has 26 heavy (non-hydrogen) atoms. The molecule has 2 aromatic carbocycles. The number of likely N-dealkylation sites (N-methyl/N-ethyl adjacent to an activating group) is 1. The molecule has 2 aromatic rings. The largest absolute Gasteiger partial charge is 0.355 e. The normalized spacial score (nSPS) is 11.7. The fourth-order valence-corrected chi connectivity index (χ4v) is 3.43. The molecule has 138 valence electrons. The van der Waals surface area contributed by atoms with Crippen LogP contribution in [0.1, 0.15) is 25.0 Å². The third kappa shape index (κ3) is 5.63. The van der Waals surface area contributed by atoms with Crippen LogP contribution in [-0.2, 0) is 16.1 Å². The van der Waals surface area contributed by atoms with E-state index in [-0.39, 0.29) is 11.8 Å². The molecule has 4 nitrogen and oxygen atoms in total. The summed E-state index contributed by atoms with van der Waals surface area (Å²) in [6.07, 6.45) is 0. The van der Waals surface area contributed by atoms with Crippen molar-refractivity contribution in [2.45, 2.75) is 38.3 Å². The number of benzene rings is 2. The van der Waals surface area contributed by atoms with Crippen molar-refractivity contribution in [3.05, 3.63) is 65.7 Å². The molecule has 0 aliphatic rings. The fourth-order valence-electron chi connectivity index (χ4n) is 2.62. The van der Waals surface area contributed by atoms with Crippen molar-refractivity contribution in [1.29, 1.82) is 0 Å². The Morgan fingerprint density at radius 1 is 1.08 bits per heavy atom. The Morgan fingerprint density at radius 3 is 2.38 bits per heavy atom. The van der Waals surface area contributed by atoms with E-state index in [9.17, 15) is 9.59 Å². The van der Waals surface area contributed by atoms with Crippen LogP contribution in [0.15, 0.2) is 59.5 Å². The van der Waals surface area contributed by atoms with E-state index in [4.69, 9.17) is 0 Å². The lowest BCUT2D eigenvalue weighted by Gasteiger charge is -2.29. The SMILES string of the molecule is CCNC(=O)C(C)N(Cc1ccccc1C)C(=O)CSc1ccccc1. The van der Waals surface area contributed by atoms with Gasteiger partial charge in [-0.3, -0.25) is 9.59 Å². The molecule has 0 fully saturated rings. The van der Waals surface area contributed by atoms with Gasteiger partial charge >= 0.3 is 0 Å². The van der Waals surface area contributed by atoms with Gasteiger partial charge in [0.15, 0.2) is 0 Å². The molecule has 0 aromatic heterocycles. The van der Waals surface area contributed by atoms with E-state index in [0.717, 1.165) is 16.0 Å². The number of aryl methyl sites for hydroxylation is 1. The van der Waals surface area contributed by atoms with Crippen LogP contribution in [0.2, 0.25) is 0 Å². The van der Waals surface area contributed by atoms with Crippen LogP contribution in [0.25, 0.3) is 0 Å². The summed E-state index contributed by atoms with van der Waals surface area (Å²) in [4.78, 5) is 27.9. The fraction of sp³-hybridized carbons (Fsp3) is 0.333. The van der Waals surface area contributed by atoms with E-state index >= 15 is 0 Å². The third-order valence-electron chi connectivity index (χ3n) is 4.23. The average Bonchev–Trinajstić information content (AvgIpc) is 2.66. The lowest BCUT2D eigenvalue weighted by atomic mass is 10.1. The predicted octanol–water partition coefficient (Wildman–Crippen LogP) is 3.64. The highest BCUT2D eigenvalue weighted by Gasteiger charge is 2.26. The molecule has 1 atom stereocenters. The summed E-state index contributed by atoms with van der Waals surface area (Å²) in [6, 6.07) is 17.3. The Balaban J connectivity index is 2.14. The maximum atomic E-state index is 12.9. The Hall–Kier alpha value is -2.27. The maximum absolute atomic E-state index is 12.9. The van der Waals surface area contributed by atoms with Crippen LogP contribution >= 0.6 is 11.8 Å². The lowest BCUT2D eigenvalue weighted by Crippen LogP contribution is -2.48. The number of hydrogen-bond donors (Lipinski definition) is 1. The van der Waals surface area contributed by atoms with Crippen LogP contribution in [-0.4, -0.2) is 35.1 Å². The quantitative estimate of drug-likeness (QED) is 0.722. The van der Waals surface area contributed by atoms with E-state index in [1.807, 2.05) is 68.4 Å². The van der Waals surface area contributed by atoms with Gasteiger partial charge in [0.25, 0.3) is 0 Å². The van der Waals surface area contributed by atoms with Crippen LogP contribution in [0.4, 0.5) is 0 Å². The third-order valence-corrected chi connectivity index (χ3v) is 5.22. The van der Waals surface area contributed by atoms with Gasteiger partial charge in [0.05, 0.1) is 5.75 Å². The van der Waals surface area contributed by atoms with Gasteiger partial charge in [-0.2, -0.15) is 0 Å². The van der Waals surface area contributed by atoms with E-state index in [1.165, 1.54) is 11.8 Å². The molecule has 0 spiro atoms. The molecule has 5 heteroatoms. The van der Waals surface area contributed by atoms with Crippen molar-refractivity contribution in [3.8, 4) is 0 Å². The van der Waals surface area contributed by atoms with Crippen molar-refractivity contribution < 1.29 is 9.59 Å². The molecule has 1 N–H and O–H groups in total. The number of nitrogens with zero attached hydrogens (tertiary/aromatic N) is 1. The molecule has 1 unspecified atom stereocenters. The topological polar surface area (TPSA) is 49.4 Å². The van der Waals surface area contributed by atoms with Gasteiger partial charge in [-0.05, 0) is 44.0 Å². The van der Waals surface area contributed by atoms with Gasteiger partial charge in [0.2, 0.25) is 11.8 Å². The van der Waals surface area contributed by atoms with E-state index in [1.54, 1.807) is 11.8 Å². The van der Waals surface area contributed by atoms with E-state index < -0.39 is 6.04 Å². The molecule has 0 heterocycles. The van der Waals surface area contributed by atoms with Gasteiger partial charge in [0.1, 0.15) is 6.04 Å². The maximum Gasteiger partial charge on any atom is 0.242 e. The summed E-state index contributed by atoms with van der Waals surface area (Å²) in [7, 11) is 0. The smallest absolute Gasteiger partial charge is 0.242 e. The first-order chi connectivity index (χ1) is 12.5. The molecule has 0 bridgehead atoms. The monoisotopic (exact) mass is 370 g/mol. The van der Waals surface area contributed by atoms with Crippen molar-refractivity contribution in [2.24, 2.45) is 0 Å². The number of carbonyl (C=O) groups is 2. The molecular weight excluding hydrogens is 344 g/mol. The second kappa shape index (κ2) is 10.0. The second-order valence-electron chi connectivity index (χ2n) is 6.12. The molecule has 0 radical (unpaired) electrons. The van der Waals surface area contributed by atoms with Crippen molar-refractivity contribution >= 4 is 23.6 Å². The van der Waals surface area contributed by atoms with Crippen molar-refractivity contribution in [1.82, 2.24) is 10.2 Å². The van der Waals surface area contributed by atoms with E-state index in [2.05, 4.69) is 5.32 Å². The molecule has 2 rings (SSSR count). The molecule has 0 aliphatic heterocycles. The highest BCUT2D eigenvalue weighted by atomic mass is 32.2. The molecule has 2 amide bonds. The number of rotatable bonds is 8. The number of carbonyl (C=O) groups excluding carboxylic acids is 2. The number of amides is 2. The Morgan fingerprint density at radius 2 is 1.73 bits per heavy atom. The van der Waals surface area contributed by atoms with E-state index in [0.29, 0.717) is 18.8 Å². The molecular formula is C21H26N2O2S. The first-order valence-corrected chi connectivity index (χ1v) is 9.81. The minimum Gasteiger partial charge on any atom is -0.355 e. The van der Waals surface area contributed by atoms with Crippen LogP contribution in [0, 0.1) is 6.92 Å². The summed E-state index contributed by atoms with van der Waals surface area (Å²) in [5.74, 6) is 0.139. The first kappa shape index (κ1) is 20.0. The summed E-state index contributed by atoms with van der Waals surface area (Å²) >= 11 is 1.49. The summed E-state index contributed by atoms with van der Waals surface area (Å²) in [5, 5.41) is 2.82. The average molecular weight is 371 g/mol. The second-order valence-corrected chi connectivity index (χ2v) is 7.17. The van der Waals surface area contributed by atoms with Crippen LogP contribution < -0.4 is 5.32 Å². The Bertz CT molecular complexity index is 734. The van der Waals surface area contributed by atoms with Gasteiger partial charge in [-0.25, -0.2) is 0 Å². The van der Waals surface area contributed by atoms with Crippen molar-refractivity contribution in [2.75, 3.05) is 12.3 Å². The number of thioether (sulfide) groups is 1. The zero-order valence-corrected chi connectivity index (χ0v) is 16.4. The highest BCUT2D eigenvalue weighted by Crippen LogP contribution is 2.20. The first-order valence-electron chi connectivity index (χ1n) is 8.82. The number of nitrogens with one attached hydrogen (secondary N) is 1. The summed E-state index contributed by atoms with van der Waals surface area (Å²) < 4.78 is 0. The molecule has 0 aliphatic carbocycles. The minimum atomic E-state index is -0.515. The van der Waals surface area contributed by atoms with Crippen molar-refractivity contribution in [3.63, 3.8) is 0 Å². The Kier molecular flexibility index (Phi) is 7.73. The standard InChI is InChI=1S/C21H26N2O2S/c1-4-22-21(25)17(3)23(14-18-11-9-8-10-16(18)2)20(24)15-26-19-12-6-5-7-13-19/h5-13,17H,4,14-15H2,1-3H3,(H,22,25). The summed E-state index contributed by atoms with van der Waals surface area (Å²) in [6.45, 7) is 6.67. The minimum absolute atomic E-state index is 0.0409. The van der Waals surface area contributed by atoms with Crippen LogP contribution in [0.5, 0.6) is 0 Å². The van der Waals surface area contributed by atoms with Gasteiger partial charge in [-0.15, -0.1) is 11.8 Å². The van der Waals surface area contributed by atoms with Gasteiger partial charge in [0, 0.05) is 18.0 Å². The Labute approximate surface area is 160 Å². The highest BCUT2D eigenvalue weighted by molar-refractivity contribution is 8.00. The molecule has 0 saturated heterocycles. The zero-order valence-electron chi connectivity index (χ0n) is 15.6. The van der Waals surface area contributed by atoms with Gasteiger partial charge < -0.3 is 10.2 Å². The predicted molar refractivity (Wildman–Crippen MR) is 107 cm³/mol. The number of hydrogen-bond acceptors (Lipinski definition) is 3. The van der Waals surface area contributed by atoms with Gasteiger partial charge in [-0.1, -0.05) is 42.5 Å². The zero-order chi connectivity index (χ0) is 18.9.